The maximum absolute atomic E-state index is 12.7. The summed E-state index contributed by atoms with van der Waals surface area (Å²) in [5, 5.41) is 0. The Bertz CT molecular complexity index is 783. The predicted octanol–water partition coefficient (Wildman–Crippen LogP) is 5.09. The average Bonchev–Trinajstić information content (AvgIpc) is 2.86. The van der Waals surface area contributed by atoms with Crippen LogP contribution in [-0.2, 0) is 12.8 Å². The van der Waals surface area contributed by atoms with Crippen LogP contribution in [0.2, 0.25) is 0 Å². The quantitative estimate of drug-likeness (QED) is 0.715. The lowest BCUT2D eigenvalue weighted by atomic mass is 9.79. The Morgan fingerprint density at radius 3 is 2.64 bits per heavy atom. The van der Waals surface area contributed by atoms with Gasteiger partial charge in [0, 0.05) is 12.0 Å². The van der Waals surface area contributed by atoms with Crippen LogP contribution in [0.15, 0.2) is 30.3 Å². The molecule has 22 heavy (non-hydrogen) atoms. The Hall–Kier alpha value is -1.89. The Labute approximate surface area is 132 Å². The molecule has 0 saturated heterocycles. The van der Waals surface area contributed by atoms with E-state index in [9.17, 15) is 4.79 Å². The van der Waals surface area contributed by atoms with Crippen molar-refractivity contribution in [3.05, 3.63) is 58.1 Å². The standard InChI is InChI=1S/C21H22O/c1-12(2)17-11-19(22)21-16-9-8-14-6-4-5-7-15(14)18(16)10-13(3)20(17)21/h4-7,10,12,17H,8-9,11H2,1-3H3. The Morgan fingerprint density at radius 2 is 1.86 bits per heavy atom. The number of benzene rings is 2. The van der Waals surface area contributed by atoms with Crippen LogP contribution in [0.25, 0.3) is 11.1 Å². The number of carbonyl (C=O) groups is 1. The predicted molar refractivity (Wildman–Crippen MR) is 90.5 cm³/mol. The van der Waals surface area contributed by atoms with Gasteiger partial charge in [0.05, 0.1) is 0 Å². The molecular formula is C21H22O. The second-order valence-electron chi connectivity index (χ2n) is 7.14. The first-order valence-corrected chi connectivity index (χ1v) is 8.35. The van der Waals surface area contributed by atoms with Crippen molar-refractivity contribution in [2.45, 2.75) is 46.0 Å². The van der Waals surface area contributed by atoms with Crippen LogP contribution in [0.3, 0.4) is 0 Å². The monoisotopic (exact) mass is 290 g/mol. The second kappa shape index (κ2) is 4.81. The highest BCUT2D eigenvalue weighted by atomic mass is 16.1. The molecule has 0 N–H and O–H groups in total. The van der Waals surface area contributed by atoms with Gasteiger partial charge in [0.15, 0.2) is 5.78 Å². The summed E-state index contributed by atoms with van der Waals surface area (Å²) in [6.07, 6.45) is 2.76. The molecule has 1 heteroatoms. The largest absolute Gasteiger partial charge is 0.294 e. The molecule has 0 radical (unpaired) electrons. The molecule has 1 unspecified atom stereocenters. The summed E-state index contributed by atoms with van der Waals surface area (Å²) in [5.41, 5.74) is 9.08. The van der Waals surface area contributed by atoms with Gasteiger partial charge in [0.2, 0.25) is 0 Å². The first-order valence-electron chi connectivity index (χ1n) is 8.35. The Balaban J connectivity index is 2.00. The van der Waals surface area contributed by atoms with Crippen molar-refractivity contribution in [1.82, 2.24) is 0 Å². The maximum Gasteiger partial charge on any atom is 0.164 e. The summed E-state index contributed by atoms with van der Waals surface area (Å²) >= 11 is 0. The van der Waals surface area contributed by atoms with Crippen LogP contribution >= 0.6 is 0 Å². The molecule has 0 spiro atoms. The van der Waals surface area contributed by atoms with Crippen molar-refractivity contribution in [3.63, 3.8) is 0 Å². The molecule has 0 bridgehead atoms. The van der Waals surface area contributed by atoms with Crippen LogP contribution in [0, 0.1) is 12.8 Å². The van der Waals surface area contributed by atoms with Crippen molar-refractivity contribution in [1.29, 1.82) is 0 Å². The lowest BCUT2D eigenvalue weighted by Crippen LogP contribution is -2.11. The van der Waals surface area contributed by atoms with Crippen LogP contribution in [0.4, 0.5) is 0 Å². The lowest BCUT2D eigenvalue weighted by molar-refractivity contribution is 0.0983. The maximum atomic E-state index is 12.7. The van der Waals surface area contributed by atoms with Gasteiger partial charge in [-0.25, -0.2) is 0 Å². The zero-order valence-corrected chi connectivity index (χ0v) is 13.6. The highest BCUT2D eigenvalue weighted by Crippen LogP contribution is 2.46. The molecule has 2 aromatic carbocycles. The fourth-order valence-corrected chi connectivity index (χ4v) is 4.41. The van der Waals surface area contributed by atoms with Gasteiger partial charge in [-0.1, -0.05) is 44.2 Å². The summed E-state index contributed by atoms with van der Waals surface area (Å²) in [6, 6.07) is 11.0. The first kappa shape index (κ1) is 13.8. The van der Waals surface area contributed by atoms with Gasteiger partial charge in [0.1, 0.15) is 0 Å². The van der Waals surface area contributed by atoms with E-state index in [1.807, 2.05) is 0 Å². The lowest BCUT2D eigenvalue weighted by Gasteiger charge is -2.25. The minimum absolute atomic E-state index is 0.369. The van der Waals surface area contributed by atoms with E-state index in [1.165, 1.54) is 33.4 Å². The molecule has 0 heterocycles. The summed E-state index contributed by atoms with van der Waals surface area (Å²) in [7, 11) is 0. The molecular weight excluding hydrogens is 268 g/mol. The zero-order valence-electron chi connectivity index (χ0n) is 13.6. The molecule has 1 nitrogen and oxygen atoms in total. The topological polar surface area (TPSA) is 17.1 Å². The van der Waals surface area contributed by atoms with Crippen LogP contribution < -0.4 is 0 Å². The molecule has 0 aliphatic heterocycles. The number of ketones is 1. The minimum atomic E-state index is 0.369. The second-order valence-corrected chi connectivity index (χ2v) is 7.14. The summed E-state index contributed by atoms with van der Waals surface area (Å²) in [4.78, 5) is 12.7. The fourth-order valence-electron chi connectivity index (χ4n) is 4.41. The van der Waals surface area contributed by atoms with Crippen LogP contribution in [-0.4, -0.2) is 5.78 Å². The minimum Gasteiger partial charge on any atom is -0.294 e. The summed E-state index contributed by atoms with van der Waals surface area (Å²) < 4.78 is 0. The van der Waals surface area contributed by atoms with Crippen LogP contribution in [0.1, 0.15) is 58.8 Å². The summed E-state index contributed by atoms with van der Waals surface area (Å²) in [6.45, 7) is 6.66. The van der Waals surface area contributed by atoms with E-state index in [0.29, 0.717) is 24.0 Å². The number of carbonyl (C=O) groups excluding carboxylic acids is 1. The first-order chi connectivity index (χ1) is 10.6. The number of Topliss-reactive ketones (excluding diaryl/α,β-unsaturated/α-hetero) is 1. The van der Waals surface area contributed by atoms with Crippen molar-refractivity contribution in [3.8, 4) is 11.1 Å². The van der Waals surface area contributed by atoms with Gasteiger partial charge < -0.3 is 0 Å². The van der Waals surface area contributed by atoms with E-state index >= 15 is 0 Å². The van der Waals surface area contributed by atoms with Gasteiger partial charge in [0.25, 0.3) is 0 Å². The van der Waals surface area contributed by atoms with Gasteiger partial charge >= 0.3 is 0 Å². The molecule has 2 aliphatic rings. The number of aryl methyl sites for hydroxylation is 2. The third kappa shape index (κ3) is 1.81. The van der Waals surface area contributed by atoms with Crippen molar-refractivity contribution >= 4 is 5.78 Å². The van der Waals surface area contributed by atoms with Gasteiger partial charge in [-0.3, -0.25) is 4.79 Å². The van der Waals surface area contributed by atoms with E-state index < -0.39 is 0 Å². The third-order valence-corrected chi connectivity index (χ3v) is 5.49. The van der Waals surface area contributed by atoms with E-state index in [0.717, 1.165) is 18.4 Å². The van der Waals surface area contributed by atoms with Crippen molar-refractivity contribution in [2.75, 3.05) is 0 Å². The van der Waals surface area contributed by atoms with E-state index in [2.05, 4.69) is 51.1 Å². The molecule has 0 aromatic heterocycles. The Kier molecular flexibility index (Phi) is 3.00. The van der Waals surface area contributed by atoms with Gasteiger partial charge in [-0.15, -0.1) is 0 Å². The normalized spacial score (nSPS) is 19.1. The fraction of sp³-hybridized carbons (Fsp3) is 0.381. The van der Waals surface area contributed by atoms with Crippen LogP contribution in [0.5, 0.6) is 0 Å². The molecule has 1 atom stereocenters. The molecule has 0 fully saturated rings. The molecule has 4 rings (SSSR count). The third-order valence-electron chi connectivity index (χ3n) is 5.49. The number of hydrogen-bond donors (Lipinski definition) is 0. The van der Waals surface area contributed by atoms with E-state index in [1.54, 1.807) is 0 Å². The van der Waals surface area contributed by atoms with Gasteiger partial charge in [-0.05, 0) is 65.0 Å². The number of rotatable bonds is 1. The van der Waals surface area contributed by atoms with E-state index in [-0.39, 0.29) is 0 Å². The highest BCUT2D eigenvalue weighted by molar-refractivity contribution is 6.05. The smallest absolute Gasteiger partial charge is 0.164 e. The molecule has 0 saturated carbocycles. The molecule has 2 aromatic rings. The van der Waals surface area contributed by atoms with Crippen molar-refractivity contribution < 1.29 is 4.79 Å². The summed E-state index contributed by atoms with van der Waals surface area (Å²) in [5.74, 6) is 1.30. The molecule has 112 valence electrons. The Morgan fingerprint density at radius 1 is 1.09 bits per heavy atom. The van der Waals surface area contributed by atoms with Gasteiger partial charge in [-0.2, -0.15) is 0 Å². The highest BCUT2D eigenvalue weighted by Gasteiger charge is 2.36. The molecule has 0 amide bonds. The number of fused-ring (bicyclic) bond motifs is 5. The number of hydrogen-bond acceptors (Lipinski definition) is 1. The van der Waals surface area contributed by atoms with Crippen molar-refractivity contribution in [2.24, 2.45) is 5.92 Å². The SMILES string of the molecule is Cc1cc2c(c3c1C(C(C)C)CC3=O)CCc1ccccc1-2. The molecule has 2 aliphatic carbocycles. The van der Waals surface area contributed by atoms with E-state index in [4.69, 9.17) is 0 Å². The average molecular weight is 290 g/mol. The zero-order chi connectivity index (χ0) is 15.4.